The minimum absolute atomic E-state index is 0.0636. The lowest BCUT2D eigenvalue weighted by molar-refractivity contribution is 0.584. The molecule has 0 bridgehead atoms. The van der Waals surface area contributed by atoms with E-state index in [1.165, 1.54) is 0 Å². The van der Waals surface area contributed by atoms with Crippen molar-refractivity contribution in [3.05, 3.63) is 24.3 Å². The van der Waals surface area contributed by atoms with E-state index in [4.69, 9.17) is 5.84 Å². The van der Waals surface area contributed by atoms with Gasteiger partial charge in [-0.15, -0.1) is 0 Å². The van der Waals surface area contributed by atoms with Crippen LogP contribution in [-0.2, 0) is 0 Å². The summed E-state index contributed by atoms with van der Waals surface area (Å²) in [7, 11) is 0. The van der Waals surface area contributed by atoms with Crippen LogP contribution in [-0.4, -0.2) is 9.97 Å². The van der Waals surface area contributed by atoms with E-state index in [0.29, 0.717) is 0 Å². The van der Waals surface area contributed by atoms with Gasteiger partial charge in [0, 0.05) is 12.4 Å². The van der Waals surface area contributed by atoms with Crippen molar-refractivity contribution < 1.29 is 0 Å². The maximum atomic E-state index is 5.19. The lowest BCUT2D eigenvalue weighted by atomic mass is 10.3. The molecular weight excluding hydrogens is 128 g/mol. The summed E-state index contributed by atoms with van der Waals surface area (Å²) in [6.07, 6.45) is 4.96. The molecule has 1 heterocycles. The van der Waals surface area contributed by atoms with Crippen LogP contribution in [0.15, 0.2) is 18.6 Å². The topological polar surface area (TPSA) is 63.8 Å². The van der Waals surface area contributed by atoms with Crippen LogP contribution in [0.2, 0.25) is 0 Å². The second-order valence-electron chi connectivity index (χ2n) is 2.02. The summed E-state index contributed by atoms with van der Waals surface area (Å²) in [6.45, 7) is 1.92. The van der Waals surface area contributed by atoms with Crippen LogP contribution in [0.25, 0.3) is 0 Å². The largest absolute Gasteiger partial charge is 0.271 e. The maximum Gasteiger partial charge on any atom is 0.0766 e. The summed E-state index contributed by atoms with van der Waals surface area (Å²) in [5.41, 5.74) is 3.43. The molecular formula is C6H10N4. The van der Waals surface area contributed by atoms with Crippen LogP contribution in [0.3, 0.4) is 0 Å². The van der Waals surface area contributed by atoms with E-state index in [0.717, 1.165) is 5.69 Å². The minimum atomic E-state index is 0.0636. The van der Waals surface area contributed by atoms with Gasteiger partial charge in [0.05, 0.1) is 17.9 Å². The molecule has 4 nitrogen and oxygen atoms in total. The molecule has 0 aliphatic rings. The van der Waals surface area contributed by atoms with Gasteiger partial charge < -0.3 is 0 Å². The van der Waals surface area contributed by atoms with Gasteiger partial charge in [-0.1, -0.05) is 0 Å². The van der Waals surface area contributed by atoms with Gasteiger partial charge >= 0.3 is 0 Å². The molecule has 1 unspecified atom stereocenters. The molecule has 0 spiro atoms. The van der Waals surface area contributed by atoms with Crippen LogP contribution in [0.1, 0.15) is 18.7 Å². The van der Waals surface area contributed by atoms with Crippen LogP contribution in [0, 0.1) is 0 Å². The molecule has 10 heavy (non-hydrogen) atoms. The average Bonchev–Trinajstić information content (AvgIpc) is 2.05. The number of nitrogens with one attached hydrogen (secondary N) is 1. The molecule has 0 saturated heterocycles. The Morgan fingerprint density at radius 2 is 2.40 bits per heavy atom. The highest BCUT2D eigenvalue weighted by molar-refractivity contribution is 4.99. The third-order valence-corrected chi connectivity index (χ3v) is 1.28. The van der Waals surface area contributed by atoms with E-state index in [9.17, 15) is 0 Å². The van der Waals surface area contributed by atoms with Crippen LogP contribution >= 0.6 is 0 Å². The molecule has 0 aliphatic carbocycles. The first-order chi connectivity index (χ1) is 4.84. The predicted molar refractivity (Wildman–Crippen MR) is 37.8 cm³/mol. The third-order valence-electron chi connectivity index (χ3n) is 1.28. The molecule has 0 aromatic carbocycles. The Hall–Kier alpha value is -1.00. The van der Waals surface area contributed by atoms with Crippen LogP contribution in [0.4, 0.5) is 0 Å². The zero-order chi connectivity index (χ0) is 7.40. The summed E-state index contributed by atoms with van der Waals surface area (Å²) in [6, 6.07) is 0.0636. The molecule has 1 rings (SSSR count). The average molecular weight is 138 g/mol. The van der Waals surface area contributed by atoms with Gasteiger partial charge in [-0.25, -0.2) is 0 Å². The zero-order valence-corrected chi connectivity index (χ0v) is 5.78. The molecule has 54 valence electrons. The first-order valence-electron chi connectivity index (χ1n) is 3.06. The molecule has 1 aromatic rings. The quantitative estimate of drug-likeness (QED) is 0.446. The van der Waals surface area contributed by atoms with Gasteiger partial charge in [-0.3, -0.25) is 21.2 Å². The Morgan fingerprint density at radius 3 is 2.90 bits per heavy atom. The number of rotatable bonds is 2. The number of hydrogen-bond donors (Lipinski definition) is 2. The molecule has 0 amide bonds. The molecule has 0 aliphatic heterocycles. The Balaban J connectivity index is 2.75. The monoisotopic (exact) mass is 138 g/mol. The van der Waals surface area contributed by atoms with Crippen molar-refractivity contribution in [2.45, 2.75) is 13.0 Å². The predicted octanol–water partition coefficient (Wildman–Crippen LogP) is 0.000900. The number of aromatic nitrogens is 2. The van der Waals surface area contributed by atoms with Crippen LogP contribution < -0.4 is 11.3 Å². The standard InChI is InChI=1S/C6H10N4/c1-5(10-7)6-4-8-2-3-9-6/h2-5,10H,7H2,1H3. The van der Waals surface area contributed by atoms with Crippen molar-refractivity contribution in [3.8, 4) is 0 Å². The number of nitrogens with zero attached hydrogens (tertiary/aromatic N) is 2. The zero-order valence-electron chi connectivity index (χ0n) is 5.78. The Bertz CT molecular complexity index is 186. The maximum absolute atomic E-state index is 5.19. The normalized spacial score (nSPS) is 13.0. The lowest BCUT2D eigenvalue weighted by Gasteiger charge is -2.06. The van der Waals surface area contributed by atoms with E-state index in [-0.39, 0.29) is 6.04 Å². The van der Waals surface area contributed by atoms with E-state index >= 15 is 0 Å². The summed E-state index contributed by atoms with van der Waals surface area (Å²) in [5.74, 6) is 5.19. The lowest BCUT2D eigenvalue weighted by Crippen LogP contribution is -2.26. The van der Waals surface area contributed by atoms with E-state index in [2.05, 4.69) is 15.4 Å². The summed E-state index contributed by atoms with van der Waals surface area (Å²) in [5, 5.41) is 0. The summed E-state index contributed by atoms with van der Waals surface area (Å²) >= 11 is 0. The van der Waals surface area contributed by atoms with Crippen molar-refractivity contribution in [1.82, 2.24) is 15.4 Å². The fraction of sp³-hybridized carbons (Fsp3) is 0.333. The highest BCUT2D eigenvalue weighted by Gasteiger charge is 2.01. The van der Waals surface area contributed by atoms with Crippen molar-refractivity contribution in [3.63, 3.8) is 0 Å². The highest BCUT2D eigenvalue weighted by Crippen LogP contribution is 2.03. The number of hydrazine groups is 1. The third kappa shape index (κ3) is 1.49. The van der Waals surface area contributed by atoms with Crippen molar-refractivity contribution >= 4 is 0 Å². The van der Waals surface area contributed by atoms with Gasteiger partial charge in [0.1, 0.15) is 0 Å². The fourth-order valence-corrected chi connectivity index (χ4v) is 0.620. The Morgan fingerprint density at radius 1 is 1.60 bits per heavy atom. The fourth-order valence-electron chi connectivity index (χ4n) is 0.620. The molecule has 0 radical (unpaired) electrons. The van der Waals surface area contributed by atoms with Crippen molar-refractivity contribution in [2.75, 3.05) is 0 Å². The highest BCUT2D eigenvalue weighted by atomic mass is 15.2. The van der Waals surface area contributed by atoms with E-state index in [1.54, 1.807) is 18.6 Å². The van der Waals surface area contributed by atoms with Gasteiger partial charge in [0.25, 0.3) is 0 Å². The summed E-state index contributed by atoms with van der Waals surface area (Å²) < 4.78 is 0. The molecule has 1 atom stereocenters. The number of nitrogens with two attached hydrogens (primary N) is 1. The van der Waals surface area contributed by atoms with Gasteiger partial charge in [0.15, 0.2) is 0 Å². The first-order valence-corrected chi connectivity index (χ1v) is 3.06. The van der Waals surface area contributed by atoms with Gasteiger partial charge in [-0.2, -0.15) is 0 Å². The second kappa shape index (κ2) is 3.24. The van der Waals surface area contributed by atoms with Crippen molar-refractivity contribution in [2.24, 2.45) is 5.84 Å². The van der Waals surface area contributed by atoms with E-state index in [1.807, 2.05) is 6.92 Å². The Kier molecular flexibility index (Phi) is 2.30. The first kappa shape index (κ1) is 7.11. The molecule has 3 N–H and O–H groups in total. The SMILES string of the molecule is CC(NN)c1cnccn1. The molecule has 0 fully saturated rings. The van der Waals surface area contributed by atoms with Gasteiger partial charge in [0.2, 0.25) is 0 Å². The molecule has 4 heteroatoms. The minimum Gasteiger partial charge on any atom is -0.271 e. The van der Waals surface area contributed by atoms with Crippen molar-refractivity contribution in [1.29, 1.82) is 0 Å². The second-order valence-corrected chi connectivity index (χ2v) is 2.02. The van der Waals surface area contributed by atoms with Gasteiger partial charge in [-0.05, 0) is 6.92 Å². The molecule has 0 saturated carbocycles. The molecule has 1 aromatic heterocycles. The summed E-state index contributed by atoms with van der Waals surface area (Å²) in [4.78, 5) is 7.94. The Labute approximate surface area is 59.5 Å². The number of hydrogen-bond acceptors (Lipinski definition) is 4. The van der Waals surface area contributed by atoms with E-state index < -0.39 is 0 Å². The van der Waals surface area contributed by atoms with Crippen LogP contribution in [0.5, 0.6) is 0 Å². The smallest absolute Gasteiger partial charge is 0.0766 e.